The SMILES string of the molecule is Cc1ccc(N2C=Cc3ccccc3C2)cc1. The molecule has 0 aliphatic carbocycles. The molecule has 0 atom stereocenters. The summed E-state index contributed by atoms with van der Waals surface area (Å²) in [6, 6.07) is 17.2. The molecule has 0 spiro atoms. The Morgan fingerprint density at radius 2 is 1.71 bits per heavy atom. The summed E-state index contributed by atoms with van der Waals surface area (Å²) in [5, 5.41) is 0. The molecule has 0 amide bonds. The fourth-order valence-electron chi connectivity index (χ4n) is 2.16. The van der Waals surface area contributed by atoms with Gasteiger partial charge in [-0.2, -0.15) is 0 Å². The normalized spacial score (nSPS) is 13.6. The smallest absolute Gasteiger partial charge is 0.0481 e. The lowest BCUT2D eigenvalue weighted by molar-refractivity contribution is 0.954. The van der Waals surface area contributed by atoms with Crippen LogP contribution in [-0.4, -0.2) is 0 Å². The molecule has 1 aliphatic rings. The van der Waals surface area contributed by atoms with Crippen LogP contribution in [0, 0.1) is 6.92 Å². The Morgan fingerprint density at radius 3 is 2.53 bits per heavy atom. The van der Waals surface area contributed by atoms with Crippen LogP contribution >= 0.6 is 0 Å². The van der Waals surface area contributed by atoms with Crippen molar-refractivity contribution in [1.82, 2.24) is 0 Å². The molecule has 17 heavy (non-hydrogen) atoms. The molecule has 1 heteroatoms. The second kappa shape index (κ2) is 4.10. The minimum absolute atomic E-state index is 0.954. The van der Waals surface area contributed by atoms with Crippen molar-refractivity contribution in [2.24, 2.45) is 0 Å². The maximum atomic E-state index is 2.28. The quantitative estimate of drug-likeness (QED) is 0.704. The standard InChI is InChI=1S/C16H15N/c1-13-6-8-16(9-7-13)17-11-10-14-4-2-3-5-15(14)12-17/h2-11H,12H2,1H3. The molecule has 1 heterocycles. The first-order valence-electron chi connectivity index (χ1n) is 5.92. The van der Waals surface area contributed by atoms with E-state index >= 15 is 0 Å². The first-order valence-corrected chi connectivity index (χ1v) is 5.92. The van der Waals surface area contributed by atoms with E-state index in [1.54, 1.807) is 0 Å². The zero-order valence-electron chi connectivity index (χ0n) is 9.93. The van der Waals surface area contributed by atoms with E-state index < -0.39 is 0 Å². The highest BCUT2D eigenvalue weighted by Crippen LogP contribution is 2.24. The summed E-state index contributed by atoms with van der Waals surface area (Å²) >= 11 is 0. The topological polar surface area (TPSA) is 3.24 Å². The second-order valence-electron chi connectivity index (χ2n) is 4.48. The average molecular weight is 221 g/mol. The lowest BCUT2D eigenvalue weighted by Crippen LogP contribution is -2.18. The molecule has 2 aromatic rings. The van der Waals surface area contributed by atoms with Crippen molar-refractivity contribution in [3.8, 4) is 0 Å². The summed E-state index contributed by atoms with van der Waals surface area (Å²) in [5.74, 6) is 0. The van der Waals surface area contributed by atoms with E-state index in [-0.39, 0.29) is 0 Å². The van der Waals surface area contributed by atoms with Crippen molar-refractivity contribution in [3.05, 3.63) is 71.4 Å². The number of benzene rings is 2. The maximum Gasteiger partial charge on any atom is 0.0481 e. The van der Waals surface area contributed by atoms with Gasteiger partial charge >= 0.3 is 0 Å². The number of nitrogens with zero attached hydrogens (tertiary/aromatic N) is 1. The Labute approximate surface area is 102 Å². The minimum atomic E-state index is 0.954. The Bertz CT molecular complexity index is 552. The molecule has 0 saturated heterocycles. The number of rotatable bonds is 1. The van der Waals surface area contributed by atoms with E-state index in [4.69, 9.17) is 0 Å². The minimum Gasteiger partial charge on any atom is -0.344 e. The van der Waals surface area contributed by atoms with E-state index in [1.165, 1.54) is 22.4 Å². The molecule has 0 aromatic heterocycles. The molecule has 2 aromatic carbocycles. The highest BCUT2D eigenvalue weighted by Gasteiger charge is 2.10. The van der Waals surface area contributed by atoms with Crippen LogP contribution in [0.15, 0.2) is 54.7 Å². The molecular weight excluding hydrogens is 206 g/mol. The molecular formula is C16H15N. The van der Waals surface area contributed by atoms with Crippen molar-refractivity contribution in [3.63, 3.8) is 0 Å². The van der Waals surface area contributed by atoms with Crippen molar-refractivity contribution in [2.45, 2.75) is 13.5 Å². The van der Waals surface area contributed by atoms with E-state index in [1.807, 2.05) is 0 Å². The van der Waals surface area contributed by atoms with Crippen molar-refractivity contribution in [1.29, 1.82) is 0 Å². The summed E-state index contributed by atoms with van der Waals surface area (Å²) in [6.45, 7) is 3.07. The summed E-state index contributed by atoms with van der Waals surface area (Å²) < 4.78 is 0. The molecule has 84 valence electrons. The summed E-state index contributed by atoms with van der Waals surface area (Å²) in [5.41, 5.74) is 5.27. The molecule has 0 bridgehead atoms. The molecule has 0 fully saturated rings. The van der Waals surface area contributed by atoms with Gasteiger partial charge in [0.25, 0.3) is 0 Å². The van der Waals surface area contributed by atoms with Gasteiger partial charge in [0, 0.05) is 18.4 Å². The Balaban J connectivity index is 1.92. The van der Waals surface area contributed by atoms with Gasteiger partial charge in [-0.15, -0.1) is 0 Å². The summed E-state index contributed by atoms with van der Waals surface area (Å²) in [6.07, 6.45) is 4.34. The highest BCUT2D eigenvalue weighted by molar-refractivity contribution is 5.64. The summed E-state index contributed by atoms with van der Waals surface area (Å²) in [7, 11) is 0. The average Bonchev–Trinajstić information content (AvgIpc) is 2.39. The highest BCUT2D eigenvalue weighted by atomic mass is 15.1. The van der Waals surface area contributed by atoms with Crippen molar-refractivity contribution >= 4 is 11.8 Å². The van der Waals surface area contributed by atoms with Gasteiger partial charge in [-0.1, -0.05) is 42.0 Å². The fraction of sp³-hybridized carbons (Fsp3) is 0.125. The molecule has 0 unspecified atom stereocenters. The molecule has 0 N–H and O–H groups in total. The van der Waals surface area contributed by atoms with Gasteiger partial charge < -0.3 is 4.90 Å². The van der Waals surface area contributed by atoms with Crippen LogP contribution in [0.3, 0.4) is 0 Å². The van der Waals surface area contributed by atoms with Crippen LogP contribution in [0.4, 0.5) is 5.69 Å². The maximum absolute atomic E-state index is 2.28. The third-order valence-electron chi connectivity index (χ3n) is 3.20. The van der Waals surface area contributed by atoms with Gasteiger partial charge in [0.2, 0.25) is 0 Å². The number of fused-ring (bicyclic) bond motifs is 1. The Kier molecular flexibility index (Phi) is 2.45. The predicted molar refractivity (Wildman–Crippen MR) is 72.8 cm³/mol. The first-order chi connectivity index (χ1) is 8.33. The van der Waals surface area contributed by atoms with Crippen molar-refractivity contribution in [2.75, 3.05) is 4.90 Å². The van der Waals surface area contributed by atoms with Crippen LogP contribution in [0.25, 0.3) is 6.08 Å². The van der Waals surface area contributed by atoms with Crippen molar-refractivity contribution < 1.29 is 0 Å². The van der Waals surface area contributed by atoms with E-state index in [0.717, 1.165) is 6.54 Å². The van der Waals surface area contributed by atoms with E-state index in [2.05, 4.69) is 72.6 Å². The van der Waals surface area contributed by atoms with Gasteiger partial charge in [0.1, 0.15) is 0 Å². The van der Waals surface area contributed by atoms with Crippen LogP contribution < -0.4 is 4.90 Å². The Hall–Kier alpha value is -2.02. The third kappa shape index (κ3) is 1.96. The van der Waals surface area contributed by atoms with Gasteiger partial charge in [-0.05, 0) is 36.3 Å². The lowest BCUT2D eigenvalue weighted by atomic mass is 10.0. The molecule has 0 saturated carbocycles. The van der Waals surface area contributed by atoms with Gasteiger partial charge in [-0.3, -0.25) is 0 Å². The molecule has 0 radical (unpaired) electrons. The van der Waals surface area contributed by atoms with Crippen LogP contribution in [0.1, 0.15) is 16.7 Å². The number of hydrogen-bond acceptors (Lipinski definition) is 1. The second-order valence-corrected chi connectivity index (χ2v) is 4.48. The Morgan fingerprint density at radius 1 is 0.941 bits per heavy atom. The van der Waals surface area contributed by atoms with Gasteiger partial charge in [0.05, 0.1) is 0 Å². The van der Waals surface area contributed by atoms with Gasteiger partial charge in [0.15, 0.2) is 0 Å². The van der Waals surface area contributed by atoms with E-state index in [9.17, 15) is 0 Å². The lowest BCUT2D eigenvalue weighted by Gasteiger charge is -2.25. The predicted octanol–water partition coefficient (Wildman–Crippen LogP) is 3.99. The first kappa shape index (κ1) is 10.2. The molecule has 3 rings (SSSR count). The zero-order chi connectivity index (χ0) is 11.7. The van der Waals surface area contributed by atoms with Crippen LogP contribution in [0.2, 0.25) is 0 Å². The van der Waals surface area contributed by atoms with Crippen LogP contribution in [-0.2, 0) is 6.54 Å². The molecule has 1 aliphatic heterocycles. The third-order valence-corrected chi connectivity index (χ3v) is 3.20. The monoisotopic (exact) mass is 221 g/mol. The van der Waals surface area contributed by atoms with Crippen LogP contribution in [0.5, 0.6) is 0 Å². The number of aryl methyl sites for hydroxylation is 1. The van der Waals surface area contributed by atoms with E-state index in [0.29, 0.717) is 0 Å². The number of hydrogen-bond donors (Lipinski definition) is 0. The van der Waals surface area contributed by atoms with Gasteiger partial charge in [-0.25, -0.2) is 0 Å². The summed E-state index contributed by atoms with van der Waals surface area (Å²) in [4.78, 5) is 2.28. The molecule has 1 nitrogen and oxygen atoms in total. The zero-order valence-corrected chi connectivity index (χ0v) is 9.93. The largest absolute Gasteiger partial charge is 0.344 e. The fourth-order valence-corrected chi connectivity index (χ4v) is 2.16. The number of anilines is 1.